The number of phenols is 1. The fourth-order valence-electron chi connectivity index (χ4n) is 1.96. The van der Waals surface area contributed by atoms with Gasteiger partial charge in [0, 0.05) is 23.1 Å². The van der Waals surface area contributed by atoms with Crippen LogP contribution < -0.4 is 5.32 Å². The maximum absolute atomic E-state index is 11.8. The van der Waals surface area contributed by atoms with Gasteiger partial charge in [-0.15, -0.1) is 0 Å². The highest BCUT2D eigenvalue weighted by atomic mass is 32.2. The van der Waals surface area contributed by atoms with Crippen LogP contribution >= 0.6 is 0 Å². The van der Waals surface area contributed by atoms with Gasteiger partial charge < -0.3 is 10.4 Å². The molecule has 6 nitrogen and oxygen atoms in total. The van der Waals surface area contributed by atoms with Crippen molar-refractivity contribution >= 4 is 32.5 Å². The fraction of sp³-hybridized carbons (Fsp3) is 0.312. The first-order valence-electron chi connectivity index (χ1n) is 7.24. The van der Waals surface area contributed by atoms with Crippen molar-refractivity contribution in [2.24, 2.45) is 5.92 Å². The third-order valence-electron chi connectivity index (χ3n) is 2.99. The lowest BCUT2D eigenvalue weighted by atomic mass is 10.1. The lowest BCUT2D eigenvalue weighted by molar-refractivity contribution is -0.118. The number of carbonyl (C=O) groups excluding carboxylic acids is 1. The van der Waals surface area contributed by atoms with Gasteiger partial charge in [0.15, 0.2) is 0 Å². The average molecular weight is 339 g/mol. The Morgan fingerprint density at radius 1 is 1.17 bits per heavy atom. The summed E-state index contributed by atoms with van der Waals surface area (Å²) in [4.78, 5) is 11.4. The molecule has 3 N–H and O–H groups in total. The Bertz CT molecular complexity index is 813. The molecule has 126 valence electrons. The van der Waals surface area contributed by atoms with Crippen molar-refractivity contribution in [1.82, 2.24) is 0 Å². The van der Waals surface area contributed by atoms with E-state index in [-0.39, 0.29) is 28.6 Å². The lowest BCUT2D eigenvalue weighted by Crippen LogP contribution is -2.18. The molecule has 0 fully saturated rings. The Morgan fingerprint density at radius 2 is 1.78 bits per heavy atom. The Labute approximate surface area is 135 Å². The topological polar surface area (TPSA) is 104 Å². The van der Waals surface area contributed by atoms with Crippen LogP contribution in [0.1, 0.15) is 27.7 Å². The number of fused-ring (bicyclic) bond motifs is 1. The molecule has 7 heteroatoms. The molecule has 0 spiro atoms. The SMILES string of the molecule is CC.CC(C)C(=O)Nc1cccc2cc(O)cc(S(=O)(=O)O)c12. The molecule has 0 saturated carbocycles. The summed E-state index contributed by atoms with van der Waals surface area (Å²) in [6, 6.07) is 7.03. The van der Waals surface area contributed by atoms with Crippen LogP contribution in [0.3, 0.4) is 0 Å². The average Bonchev–Trinajstić information content (AvgIpc) is 2.47. The number of aromatic hydroxyl groups is 1. The number of rotatable bonds is 3. The molecule has 2 aromatic carbocycles. The zero-order valence-corrected chi connectivity index (χ0v) is 14.3. The highest BCUT2D eigenvalue weighted by Crippen LogP contribution is 2.33. The smallest absolute Gasteiger partial charge is 0.295 e. The normalized spacial score (nSPS) is 11.0. The highest BCUT2D eigenvalue weighted by molar-refractivity contribution is 7.86. The second-order valence-corrected chi connectivity index (χ2v) is 6.36. The Balaban J connectivity index is 0.00000127. The number of hydrogen-bond donors (Lipinski definition) is 3. The zero-order chi connectivity index (χ0) is 17.8. The number of phenolic OH excluding ortho intramolecular Hbond substituents is 1. The molecule has 0 bridgehead atoms. The summed E-state index contributed by atoms with van der Waals surface area (Å²) in [6.45, 7) is 7.41. The van der Waals surface area contributed by atoms with E-state index in [1.807, 2.05) is 13.8 Å². The summed E-state index contributed by atoms with van der Waals surface area (Å²) in [5.74, 6) is -0.856. The van der Waals surface area contributed by atoms with Crippen LogP contribution in [0.5, 0.6) is 5.75 Å². The summed E-state index contributed by atoms with van der Waals surface area (Å²) in [6.07, 6.45) is 0. The first-order valence-corrected chi connectivity index (χ1v) is 8.68. The molecule has 1 amide bonds. The number of hydrogen-bond acceptors (Lipinski definition) is 4. The van der Waals surface area contributed by atoms with Crippen molar-refractivity contribution in [1.29, 1.82) is 0 Å². The van der Waals surface area contributed by atoms with Gasteiger partial charge in [-0.1, -0.05) is 39.8 Å². The zero-order valence-electron chi connectivity index (χ0n) is 13.5. The molecule has 0 heterocycles. The lowest BCUT2D eigenvalue weighted by Gasteiger charge is -2.13. The van der Waals surface area contributed by atoms with E-state index in [0.717, 1.165) is 6.07 Å². The minimum absolute atomic E-state index is 0.159. The third-order valence-corrected chi connectivity index (χ3v) is 3.86. The molecule has 0 atom stereocenters. The standard InChI is InChI=1S/C14H15NO5S.C2H6/c1-8(2)14(17)15-11-5-3-4-9-6-10(16)7-12(13(9)11)21(18,19)20;1-2/h3-8,16H,1-2H3,(H,15,17)(H,18,19,20);1-2H3. The minimum atomic E-state index is -4.54. The van der Waals surface area contributed by atoms with Gasteiger partial charge in [-0.25, -0.2) is 0 Å². The van der Waals surface area contributed by atoms with Crippen molar-refractivity contribution in [3.05, 3.63) is 30.3 Å². The van der Waals surface area contributed by atoms with E-state index >= 15 is 0 Å². The van der Waals surface area contributed by atoms with Crippen LogP contribution in [0.15, 0.2) is 35.2 Å². The number of benzene rings is 2. The number of nitrogens with one attached hydrogen (secondary N) is 1. The quantitative estimate of drug-likeness (QED) is 0.743. The molecule has 0 aliphatic heterocycles. The van der Waals surface area contributed by atoms with E-state index in [0.29, 0.717) is 5.39 Å². The van der Waals surface area contributed by atoms with Gasteiger partial charge in [0.1, 0.15) is 10.6 Å². The number of carbonyl (C=O) groups is 1. The largest absolute Gasteiger partial charge is 0.508 e. The summed E-state index contributed by atoms with van der Waals surface area (Å²) < 4.78 is 32.3. The van der Waals surface area contributed by atoms with Crippen molar-refractivity contribution in [2.45, 2.75) is 32.6 Å². The Hall–Kier alpha value is -2.12. The van der Waals surface area contributed by atoms with Crippen LogP contribution in [0.25, 0.3) is 10.8 Å². The molecule has 0 aliphatic rings. The summed E-state index contributed by atoms with van der Waals surface area (Å²) in [5, 5.41) is 12.7. The molecule has 0 radical (unpaired) electrons. The van der Waals surface area contributed by atoms with E-state index in [1.54, 1.807) is 26.0 Å². The van der Waals surface area contributed by atoms with Crippen molar-refractivity contribution in [3.8, 4) is 5.75 Å². The number of amides is 1. The third kappa shape index (κ3) is 4.43. The van der Waals surface area contributed by atoms with E-state index < -0.39 is 15.0 Å². The molecule has 2 rings (SSSR count). The maximum atomic E-state index is 11.8. The van der Waals surface area contributed by atoms with Gasteiger partial charge in [-0.05, 0) is 17.5 Å². The molecule has 0 aliphatic carbocycles. The second kappa shape index (κ2) is 7.43. The van der Waals surface area contributed by atoms with E-state index in [2.05, 4.69) is 5.32 Å². The van der Waals surface area contributed by atoms with Crippen LogP contribution in [0.2, 0.25) is 0 Å². The van der Waals surface area contributed by atoms with Gasteiger partial charge >= 0.3 is 0 Å². The molecule has 0 aromatic heterocycles. The van der Waals surface area contributed by atoms with Crippen LogP contribution in [-0.2, 0) is 14.9 Å². The van der Waals surface area contributed by atoms with Crippen molar-refractivity contribution < 1.29 is 22.9 Å². The van der Waals surface area contributed by atoms with Crippen LogP contribution in [0.4, 0.5) is 5.69 Å². The summed E-state index contributed by atoms with van der Waals surface area (Å²) in [7, 11) is -4.54. The Morgan fingerprint density at radius 3 is 2.30 bits per heavy atom. The highest BCUT2D eigenvalue weighted by Gasteiger charge is 2.19. The first kappa shape index (κ1) is 18.9. The summed E-state index contributed by atoms with van der Waals surface area (Å²) in [5.41, 5.74) is 0.263. The maximum Gasteiger partial charge on any atom is 0.295 e. The van der Waals surface area contributed by atoms with Crippen LogP contribution in [-0.4, -0.2) is 24.0 Å². The van der Waals surface area contributed by atoms with Crippen molar-refractivity contribution in [2.75, 3.05) is 5.32 Å². The summed E-state index contributed by atoms with van der Waals surface area (Å²) >= 11 is 0. The van der Waals surface area contributed by atoms with E-state index in [1.165, 1.54) is 12.1 Å². The fourth-order valence-corrected chi connectivity index (χ4v) is 2.71. The molecular weight excluding hydrogens is 318 g/mol. The van der Waals surface area contributed by atoms with Gasteiger partial charge in [-0.3, -0.25) is 9.35 Å². The predicted molar refractivity (Wildman–Crippen MR) is 90.2 cm³/mol. The first-order chi connectivity index (χ1) is 10.7. The van der Waals surface area contributed by atoms with E-state index in [4.69, 9.17) is 0 Å². The predicted octanol–water partition coefficient (Wildman–Crippen LogP) is 3.41. The number of anilines is 1. The van der Waals surface area contributed by atoms with Crippen LogP contribution in [0, 0.1) is 5.92 Å². The minimum Gasteiger partial charge on any atom is -0.508 e. The van der Waals surface area contributed by atoms with Crippen molar-refractivity contribution in [3.63, 3.8) is 0 Å². The molecule has 2 aromatic rings. The van der Waals surface area contributed by atoms with Gasteiger partial charge in [-0.2, -0.15) is 8.42 Å². The Kier molecular flexibility index (Phi) is 6.12. The second-order valence-electron chi connectivity index (χ2n) is 4.97. The van der Waals surface area contributed by atoms with Gasteiger partial charge in [0.25, 0.3) is 10.1 Å². The molecule has 0 saturated heterocycles. The monoisotopic (exact) mass is 339 g/mol. The molecule has 0 unspecified atom stereocenters. The van der Waals surface area contributed by atoms with Gasteiger partial charge in [0.05, 0.1) is 0 Å². The molecular formula is C16H21NO5S. The van der Waals surface area contributed by atoms with Gasteiger partial charge in [0.2, 0.25) is 5.91 Å². The van der Waals surface area contributed by atoms with E-state index in [9.17, 15) is 22.9 Å². The molecule has 23 heavy (non-hydrogen) atoms.